The highest BCUT2D eigenvalue weighted by molar-refractivity contribution is 5.92. The Balaban J connectivity index is 1.83. The first-order valence-electron chi connectivity index (χ1n) is 9.48. The largest absolute Gasteiger partial charge is 0.458 e. The standard InChI is InChI=1S/C21H28O5/c1-12-5-7-17-13(2)18(23)9-10-21(17,4)16(12)8-6-15-19(26-14(3)22)11-25-20(15)24/h6,13,16-17,19H,1,5,7-11H2,2-4H3/t13-,16-,17?,19-,21-/m1/s1. The van der Waals surface area contributed by atoms with Gasteiger partial charge in [0, 0.05) is 19.3 Å². The minimum Gasteiger partial charge on any atom is -0.458 e. The molecule has 0 N–H and O–H groups in total. The Hall–Kier alpha value is -1.91. The van der Waals surface area contributed by atoms with Crippen LogP contribution in [0.5, 0.6) is 0 Å². The lowest BCUT2D eigenvalue weighted by Crippen LogP contribution is -2.48. The summed E-state index contributed by atoms with van der Waals surface area (Å²) < 4.78 is 10.3. The van der Waals surface area contributed by atoms with Crippen molar-refractivity contribution in [1.29, 1.82) is 0 Å². The van der Waals surface area contributed by atoms with Crippen LogP contribution in [0.2, 0.25) is 0 Å². The fourth-order valence-corrected chi connectivity index (χ4v) is 5.24. The minimum atomic E-state index is -0.618. The molecule has 1 heterocycles. The molecule has 1 aliphatic heterocycles. The lowest BCUT2D eigenvalue weighted by Gasteiger charge is -2.53. The number of fused-ring (bicyclic) bond motifs is 1. The molecule has 26 heavy (non-hydrogen) atoms. The van der Waals surface area contributed by atoms with Crippen LogP contribution in [0.25, 0.3) is 0 Å². The highest BCUT2D eigenvalue weighted by Crippen LogP contribution is 2.57. The molecular formula is C21H28O5. The lowest BCUT2D eigenvalue weighted by molar-refractivity contribution is -0.145. The zero-order valence-electron chi connectivity index (χ0n) is 15.9. The third-order valence-electron chi connectivity index (χ3n) is 6.76. The van der Waals surface area contributed by atoms with Crippen LogP contribution in [-0.4, -0.2) is 30.4 Å². The van der Waals surface area contributed by atoms with Gasteiger partial charge >= 0.3 is 11.9 Å². The third kappa shape index (κ3) is 3.24. The summed E-state index contributed by atoms with van der Waals surface area (Å²) in [6.07, 6.45) is 5.32. The van der Waals surface area contributed by atoms with Gasteiger partial charge in [-0.15, -0.1) is 0 Å². The topological polar surface area (TPSA) is 69.7 Å². The summed E-state index contributed by atoms with van der Waals surface area (Å²) in [6, 6.07) is 0. The van der Waals surface area contributed by atoms with Crippen molar-refractivity contribution in [3.8, 4) is 0 Å². The first kappa shape index (κ1) is 18.9. The van der Waals surface area contributed by atoms with Crippen LogP contribution >= 0.6 is 0 Å². The Morgan fingerprint density at radius 1 is 1.38 bits per heavy atom. The van der Waals surface area contributed by atoms with E-state index in [-0.39, 0.29) is 23.9 Å². The van der Waals surface area contributed by atoms with Crippen LogP contribution in [0, 0.1) is 23.2 Å². The molecule has 3 aliphatic rings. The first-order valence-corrected chi connectivity index (χ1v) is 9.48. The van der Waals surface area contributed by atoms with Crippen molar-refractivity contribution in [1.82, 2.24) is 0 Å². The van der Waals surface area contributed by atoms with Gasteiger partial charge in [-0.3, -0.25) is 9.59 Å². The van der Waals surface area contributed by atoms with Gasteiger partial charge < -0.3 is 9.47 Å². The first-order chi connectivity index (χ1) is 12.2. The van der Waals surface area contributed by atoms with Gasteiger partial charge in [0.05, 0.1) is 5.57 Å². The number of ether oxygens (including phenoxy) is 2. The molecule has 142 valence electrons. The van der Waals surface area contributed by atoms with E-state index in [2.05, 4.69) is 20.4 Å². The number of ketones is 1. The summed E-state index contributed by atoms with van der Waals surface area (Å²) >= 11 is 0. The molecular weight excluding hydrogens is 332 g/mol. The predicted molar refractivity (Wildman–Crippen MR) is 96.1 cm³/mol. The van der Waals surface area contributed by atoms with Gasteiger partial charge in [0.25, 0.3) is 0 Å². The quantitative estimate of drug-likeness (QED) is 0.438. The number of cyclic esters (lactones) is 1. The van der Waals surface area contributed by atoms with E-state index in [0.717, 1.165) is 19.3 Å². The molecule has 5 heteroatoms. The molecule has 1 unspecified atom stereocenters. The fourth-order valence-electron chi connectivity index (χ4n) is 5.24. The lowest BCUT2D eigenvalue weighted by atomic mass is 9.51. The molecule has 0 aromatic heterocycles. The van der Waals surface area contributed by atoms with Crippen LogP contribution in [0.3, 0.4) is 0 Å². The van der Waals surface area contributed by atoms with Crippen LogP contribution in [0.1, 0.15) is 52.9 Å². The van der Waals surface area contributed by atoms with Crippen molar-refractivity contribution in [2.24, 2.45) is 23.2 Å². The molecule has 1 saturated heterocycles. The highest BCUT2D eigenvalue weighted by Gasteiger charge is 2.51. The van der Waals surface area contributed by atoms with Crippen LogP contribution in [0.4, 0.5) is 0 Å². The maximum atomic E-state index is 12.2. The molecule has 0 radical (unpaired) electrons. The molecule has 0 spiro atoms. The Labute approximate surface area is 154 Å². The van der Waals surface area contributed by atoms with E-state index in [0.29, 0.717) is 30.1 Å². The summed E-state index contributed by atoms with van der Waals surface area (Å²) in [4.78, 5) is 35.5. The number of carbonyl (C=O) groups excluding carboxylic acids is 3. The van der Waals surface area contributed by atoms with Gasteiger partial charge in [0.2, 0.25) is 0 Å². The van der Waals surface area contributed by atoms with E-state index in [1.807, 2.05) is 6.08 Å². The monoisotopic (exact) mass is 360 g/mol. The van der Waals surface area contributed by atoms with Gasteiger partial charge in [-0.25, -0.2) is 4.79 Å². The molecule has 5 atom stereocenters. The normalized spacial score (nSPS) is 38.9. The number of Topliss-reactive ketones (excluding diaryl/α,β-unsaturated/α-hetero) is 1. The Kier molecular flexibility index (Phi) is 5.09. The summed E-state index contributed by atoms with van der Waals surface area (Å²) in [7, 11) is 0. The van der Waals surface area contributed by atoms with E-state index in [1.165, 1.54) is 12.5 Å². The minimum absolute atomic E-state index is 0.0131. The van der Waals surface area contributed by atoms with Crippen molar-refractivity contribution >= 4 is 17.7 Å². The number of esters is 2. The molecule has 0 aromatic rings. The molecule has 0 aromatic carbocycles. The van der Waals surface area contributed by atoms with Gasteiger partial charge in [0.15, 0.2) is 6.10 Å². The molecule has 0 bridgehead atoms. The van der Waals surface area contributed by atoms with Crippen molar-refractivity contribution in [3.05, 3.63) is 23.8 Å². The van der Waals surface area contributed by atoms with Crippen LogP contribution in [0.15, 0.2) is 23.8 Å². The molecule has 3 fully saturated rings. The maximum absolute atomic E-state index is 12.2. The molecule has 3 rings (SSSR count). The number of allylic oxidation sites excluding steroid dienone is 2. The van der Waals surface area contributed by atoms with E-state index < -0.39 is 18.0 Å². The van der Waals surface area contributed by atoms with Crippen molar-refractivity contribution in [3.63, 3.8) is 0 Å². The van der Waals surface area contributed by atoms with Crippen LogP contribution in [-0.2, 0) is 23.9 Å². The second kappa shape index (κ2) is 7.01. The number of hydrogen-bond donors (Lipinski definition) is 0. The third-order valence-corrected chi connectivity index (χ3v) is 6.76. The number of rotatable bonds is 3. The maximum Gasteiger partial charge on any atom is 0.337 e. The van der Waals surface area contributed by atoms with E-state index >= 15 is 0 Å². The molecule has 2 aliphatic carbocycles. The summed E-state index contributed by atoms with van der Waals surface area (Å²) in [5.74, 6) is 0.196. The Morgan fingerprint density at radius 3 is 2.81 bits per heavy atom. The van der Waals surface area contributed by atoms with Gasteiger partial charge in [-0.2, -0.15) is 0 Å². The number of carbonyl (C=O) groups is 3. The summed E-state index contributed by atoms with van der Waals surface area (Å²) in [6.45, 7) is 10.0. The van der Waals surface area contributed by atoms with Gasteiger partial charge in [-0.05, 0) is 42.9 Å². The average Bonchev–Trinajstić information content (AvgIpc) is 2.90. The summed E-state index contributed by atoms with van der Waals surface area (Å²) in [5.41, 5.74) is 1.63. The number of hydrogen-bond acceptors (Lipinski definition) is 5. The SMILES string of the molecule is C=C1CCC2[C@@H](C)C(=O)CC[C@]2(C)[C@@H]1CC=C1C(=O)OC[C@H]1OC(C)=O. The van der Waals surface area contributed by atoms with Gasteiger partial charge in [-0.1, -0.05) is 32.1 Å². The highest BCUT2D eigenvalue weighted by atomic mass is 16.6. The van der Waals surface area contributed by atoms with E-state index in [4.69, 9.17) is 9.47 Å². The zero-order valence-corrected chi connectivity index (χ0v) is 15.9. The zero-order chi connectivity index (χ0) is 19.1. The molecule has 5 nitrogen and oxygen atoms in total. The fraction of sp³-hybridized carbons (Fsp3) is 0.667. The van der Waals surface area contributed by atoms with E-state index in [1.54, 1.807) is 0 Å². The molecule has 0 amide bonds. The average molecular weight is 360 g/mol. The van der Waals surface area contributed by atoms with Crippen molar-refractivity contribution < 1.29 is 23.9 Å². The molecule has 2 saturated carbocycles. The second-order valence-corrected chi connectivity index (χ2v) is 8.21. The predicted octanol–water partition coefficient (Wildman–Crippen LogP) is 3.38. The van der Waals surface area contributed by atoms with Gasteiger partial charge in [0.1, 0.15) is 12.4 Å². The van der Waals surface area contributed by atoms with Crippen molar-refractivity contribution in [2.45, 2.75) is 59.0 Å². The second-order valence-electron chi connectivity index (χ2n) is 8.21. The Bertz CT molecular complexity index is 676. The Morgan fingerprint density at radius 2 is 2.12 bits per heavy atom. The summed E-state index contributed by atoms with van der Waals surface area (Å²) in [5, 5.41) is 0. The van der Waals surface area contributed by atoms with E-state index in [9.17, 15) is 14.4 Å². The van der Waals surface area contributed by atoms with Crippen LogP contribution < -0.4 is 0 Å². The smallest absolute Gasteiger partial charge is 0.337 e. The van der Waals surface area contributed by atoms with Crippen molar-refractivity contribution in [2.75, 3.05) is 6.61 Å².